The SMILES string of the molecule is O=C1/C(=C/c2cc(Br)c(O)c(Br)c2)Oc2ccccc21. The summed E-state index contributed by atoms with van der Waals surface area (Å²) < 4.78 is 6.64. The van der Waals surface area contributed by atoms with Gasteiger partial charge in [0.05, 0.1) is 14.5 Å². The Labute approximate surface area is 132 Å². The zero-order valence-corrected chi connectivity index (χ0v) is 13.2. The van der Waals surface area contributed by atoms with E-state index in [4.69, 9.17) is 4.74 Å². The second-order valence-corrected chi connectivity index (χ2v) is 5.98. The molecule has 20 heavy (non-hydrogen) atoms. The topological polar surface area (TPSA) is 46.5 Å². The number of carbonyl (C=O) groups is 1. The Kier molecular flexibility index (Phi) is 3.40. The second kappa shape index (κ2) is 5.07. The molecule has 0 radical (unpaired) electrons. The molecule has 0 saturated carbocycles. The lowest BCUT2D eigenvalue weighted by atomic mass is 10.1. The van der Waals surface area contributed by atoms with Crippen molar-refractivity contribution in [2.24, 2.45) is 0 Å². The van der Waals surface area contributed by atoms with Gasteiger partial charge in [-0.3, -0.25) is 4.79 Å². The van der Waals surface area contributed by atoms with Crippen LogP contribution in [0.4, 0.5) is 0 Å². The fourth-order valence-corrected chi connectivity index (χ4v) is 3.18. The standard InChI is InChI=1S/C15H8Br2O3/c16-10-5-8(6-11(17)15(10)19)7-13-14(18)9-3-1-2-4-12(9)20-13/h1-7,19H/b13-7-. The molecule has 1 aliphatic rings. The normalized spacial score (nSPS) is 15.3. The summed E-state index contributed by atoms with van der Waals surface area (Å²) in [4.78, 5) is 12.2. The zero-order valence-electron chi connectivity index (χ0n) is 10.1. The average Bonchev–Trinajstić information content (AvgIpc) is 2.73. The molecular formula is C15H8Br2O3. The number of hydrogen-bond donors (Lipinski definition) is 1. The Morgan fingerprint density at radius 3 is 2.40 bits per heavy atom. The summed E-state index contributed by atoms with van der Waals surface area (Å²) in [7, 11) is 0. The summed E-state index contributed by atoms with van der Waals surface area (Å²) >= 11 is 6.51. The lowest BCUT2D eigenvalue weighted by molar-refractivity contribution is 0.101. The lowest BCUT2D eigenvalue weighted by Gasteiger charge is -2.03. The highest BCUT2D eigenvalue weighted by atomic mass is 79.9. The van der Waals surface area contributed by atoms with Crippen molar-refractivity contribution >= 4 is 43.7 Å². The van der Waals surface area contributed by atoms with Crippen LogP contribution in [0.1, 0.15) is 15.9 Å². The van der Waals surface area contributed by atoms with Gasteiger partial charge in [-0.2, -0.15) is 0 Å². The van der Waals surface area contributed by atoms with Crippen molar-refractivity contribution < 1.29 is 14.6 Å². The third-order valence-electron chi connectivity index (χ3n) is 2.91. The van der Waals surface area contributed by atoms with Gasteiger partial charge < -0.3 is 9.84 Å². The van der Waals surface area contributed by atoms with E-state index in [1.165, 1.54) is 0 Å². The first-order valence-electron chi connectivity index (χ1n) is 5.77. The van der Waals surface area contributed by atoms with E-state index in [0.29, 0.717) is 20.3 Å². The molecule has 3 nitrogen and oxygen atoms in total. The fourth-order valence-electron chi connectivity index (χ4n) is 1.96. The number of ether oxygens (including phenoxy) is 1. The van der Waals surface area contributed by atoms with Gasteiger partial charge in [-0.15, -0.1) is 0 Å². The van der Waals surface area contributed by atoms with Crippen LogP contribution in [-0.4, -0.2) is 10.9 Å². The number of Topliss-reactive ketones (excluding diaryl/α,β-unsaturated/α-hetero) is 1. The van der Waals surface area contributed by atoms with E-state index in [1.807, 2.05) is 6.07 Å². The molecule has 1 N–H and O–H groups in total. The largest absolute Gasteiger partial charge is 0.506 e. The van der Waals surface area contributed by atoms with Gasteiger partial charge in [0.1, 0.15) is 11.5 Å². The summed E-state index contributed by atoms with van der Waals surface area (Å²) in [5, 5.41) is 9.67. The number of phenols is 1. The van der Waals surface area contributed by atoms with Crippen LogP contribution in [0.5, 0.6) is 11.5 Å². The number of ketones is 1. The van der Waals surface area contributed by atoms with Crippen LogP contribution in [-0.2, 0) is 0 Å². The van der Waals surface area contributed by atoms with Gasteiger partial charge in [-0.25, -0.2) is 0 Å². The van der Waals surface area contributed by atoms with Crippen LogP contribution in [0.15, 0.2) is 51.1 Å². The van der Waals surface area contributed by atoms with Gasteiger partial charge in [0, 0.05) is 0 Å². The van der Waals surface area contributed by atoms with Crippen LogP contribution < -0.4 is 4.74 Å². The van der Waals surface area contributed by atoms with Gasteiger partial charge >= 0.3 is 0 Å². The fraction of sp³-hybridized carbons (Fsp3) is 0. The first-order valence-corrected chi connectivity index (χ1v) is 7.36. The maximum Gasteiger partial charge on any atom is 0.231 e. The molecule has 3 rings (SSSR count). The van der Waals surface area contributed by atoms with Crippen LogP contribution in [0, 0.1) is 0 Å². The average molecular weight is 396 g/mol. The Bertz CT molecular complexity index is 728. The third kappa shape index (κ3) is 2.27. The predicted octanol–water partition coefficient (Wildman–Crippen LogP) is 4.53. The molecule has 0 saturated heterocycles. The number of halogens is 2. The molecule has 2 aromatic carbocycles. The van der Waals surface area contributed by atoms with Crippen molar-refractivity contribution in [3.8, 4) is 11.5 Å². The summed E-state index contributed by atoms with van der Waals surface area (Å²) in [6, 6.07) is 10.6. The van der Waals surface area contributed by atoms with Crippen molar-refractivity contribution in [1.82, 2.24) is 0 Å². The van der Waals surface area contributed by atoms with E-state index in [2.05, 4.69) is 31.9 Å². The Balaban J connectivity index is 2.02. The highest BCUT2D eigenvalue weighted by molar-refractivity contribution is 9.11. The van der Waals surface area contributed by atoms with Crippen LogP contribution >= 0.6 is 31.9 Å². The monoisotopic (exact) mass is 394 g/mol. The zero-order chi connectivity index (χ0) is 14.3. The highest BCUT2D eigenvalue weighted by Gasteiger charge is 2.26. The lowest BCUT2D eigenvalue weighted by Crippen LogP contribution is -1.98. The molecule has 0 spiro atoms. The number of aromatic hydroxyl groups is 1. The molecule has 0 aliphatic carbocycles. The van der Waals surface area contributed by atoms with E-state index < -0.39 is 0 Å². The summed E-state index contributed by atoms with van der Waals surface area (Å²) in [6.07, 6.45) is 1.65. The summed E-state index contributed by atoms with van der Waals surface area (Å²) in [5.74, 6) is 0.825. The van der Waals surface area contributed by atoms with Gasteiger partial charge in [-0.05, 0) is 67.8 Å². The molecule has 5 heteroatoms. The molecule has 100 valence electrons. The smallest absolute Gasteiger partial charge is 0.231 e. The molecule has 0 atom stereocenters. The molecule has 0 bridgehead atoms. The highest BCUT2D eigenvalue weighted by Crippen LogP contribution is 2.35. The molecule has 0 amide bonds. The number of rotatable bonds is 1. The van der Waals surface area contributed by atoms with Crippen molar-refractivity contribution in [2.45, 2.75) is 0 Å². The number of carbonyl (C=O) groups excluding carboxylic acids is 1. The van der Waals surface area contributed by atoms with Gasteiger partial charge in [0.25, 0.3) is 0 Å². The first kappa shape index (κ1) is 13.4. The van der Waals surface area contributed by atoms with E-state index in [1.54, 1.807) is 36.4 Å². The van der Waals surface area contributed by atoms with Crippen molar-refractivity contribution in [3.05, 3.63) is 62.2 Å². The minimum absolute atomic E-state index is 0.120. The van der Waals surface area contributed by atoms with Gasteiger partial charge in [0.15, 0.2) is 5.76 Å². The minimum atomic E-state index is -0.138. The van der Waals surface area contributed by atoms with Crippen LogP contribution in [0.2, 0.25) is 0 Å². The van der Waals surface area contributed by atoms with Gasteiger partial charge in [-0.1, -0.05) is 12.1 Å². The molecule has 2 aromatic rings. The number of hydrogen-bond acceptors (Lipinski definition) is 3. The number of fused-ring (bicyclic) bond motifs is 1. The third-order valence-corrected chi connectivity index (χ3v) is 4.12. The first-order chi connectivity index (χ1) is 9.56. The van der Waals surface area contributed by atoms with E-state index in [-0.39, 0.29) is 17.3 Å². The Morgan fingerprint density at radius 2 is 1.75 bits per heavy atom. The van der Waals surface area contributed by atoms with E-state index >= 15 is 0 Å². The Morgan fingerprint density at radius 1 is 1.10 bits per heavy atom. The van der Waals surface area contributed by atoms with Crippen molar-refractivity contribution in [1.29, 1.82) is 0 Å². The maximum absolute atomic E-state index is 12.2. The number of phenolic OH excluding ortho intramolecular Hbond substituents is 1. The second-order valence-electron chi connectivity index (χ2n) is 4.27. The van der Waals surface area contributed by atoms with E-state index in [0.717, 1.165) is 5.56 Å². The predicted molar refractivity (Wildman–Crippen MR) is 82.9 cm³/mol. The number of benzene rings is 2. The van der Waals surface area contributed by atoms with Crippen LogP contribution in [0.3, 0.4) is 0 Å². The molecule has 1 aliphatic heterocycles. The molecule has 1 heterocycles. The number of para-hydroxylation sites is 1. The van der Waals surface area contributed by atoms with Crippen LogP contribution in [0.25, 0.3) is 6.08 Å². The maximum atomic E-state index is 12.2. The molecule has 0 aromatic heterocycles. The van der Waals surface area contributed by atoms with Crippen molar-refractivity contribution in [2.75, 3.05) is 0 Å². The molecule has 0 fully saturated rings. The molecule has 0 unspecified atom stereocenters. The van der Waals surface area contributed by atoms with Crippen molar-refractivity contribution in [3.63, 3.8) is 0 Å². The summed E-state index contributed by atoms with van der Waals surface area (Å²) in [5.41, 5.74) is 1.31. The minimum Gasteiger partial charge on any atom is -0.506 e. The quantitative estimate of drug-likeness (QED) is 0.721. The Hall–Kier alpha value is -1.59. The molecular weight excluding hydrogens is 388 g/mol. The number of allylic oxidation sites excluding steroid dienone is 1. The summed E-state index contributed by atoms with van der Waals surface area (Å²) in [6.45, 7) is 0. The van der Waals surface area contributed by atoms with E-state index in [9.17, 15) is 9.90 Å². The van der Waals surface area contributed by atoms with Gasteiger partial charge in [0.2, 0.25) is 5.78 Å².